The van der Waals surface area contributed by atoms with Crippen LogP contribution < -0.4 is 4.74 Å². The Morgan fingerprint density at radius 1 is 1.32 bits per heavy atom. The number of carbonyl (C=O) groups excluding carboxylic acids is 1. The molecule has 1 saturated heterocycles. The summed E-state index contributed by atoms with van der Waals surface area (Å²) in [6.07, 6.45) is 1.51. The Morgan fingerprint density at radius 3 is 2.75 bits per heavy atom. The summed E-state index contributed by atoms with van der Waals surface area (Å²) < 4.78 is 46.5. The van der Waals surface area contributed by atoms with Crippen LogP contribution in [0.1, 0.15) is 22.3 Å². The molecule has 1 amide bonds. The van der Waals surface area contributed by atoms with Crippen LogP contribution in [0.3, 0.4) is 0 Å². The molecule has 28 heavy (non-hydrogen) atoms. The third kappa shape index (κ3) is 4.00. The minimum Gasteiger partial charge on any atom is -0.472 e. The van der Waals surface area contributed by atoms with Crippen LogP contribution in [0.25, 0.3) is 0 Å². The van der Waals surface area contributed by atoms with Crippen LogP contribution in [0.15, 0.2) is 41.4 Å². The third-order valence-electron chi connectivity index (χ3n) is 4.57. The quantitative estimate of drug-likeness (QED) is 0.758. The molecule has 0 N–H and O–H groups in total. The summed E-state index contributed by atoms with van der Waals surface area (Å²) in [5.41, 5.74) is 0.698. The van der Waals surface area contributed by atoms with Crippen molar-refractivity contribution in [3.63, 3.8) is 0 Å². The molecule has 150 valence electrons. The predicted octanol–water partition coefficient (Wildman–Crippen LogP) is 2.07. The highest BCUT2D eigenvalue weighted by Crippen LogP contribution is 2.26. The summed E-state index contributed by atoms with van der Waals surface area (Å²) in [5.74, 6) is -0.638. The van der Waals surface area contributed by atoms with Crippen LogP contribution in [-0.2, 0) is 10.0 Å². The van der Waals surface area contributed by atoms with E-state index >= 15 is 0 Å². The molecule has 1 atom stereocenters. The van der Waals surface area contributed by atoms with Crippen LogP contribution in [0, 0.1) is 12.7 Å². The second-order valence-corrected chi connectivity index (χ2v) is 8.80. The highest BCUT2D eigenvalue weighted by Gasteiger charge is 2.34. The summed E-state index contributed by atoms with van der Waals surface area (Å²) in [6.45, 7) is 1.92. The van der Waals surface area contributed by atoms with Gasteiger partial charge in [-0.2, -0.15) is 4.31 Å². The lowest BCUT2D eigenvalue weighted by Gasteiger charge is -2.19. The summed E-state index contributed by atoms with van der Waals surface area (Å²) in [7, 11) is -0.568. The molecule has 2 heterocycles. The normalized spacial score (nSPS) is 17.5. The van der Waals surface area contributed by atoms with Crippen molar-refractivity contribution in [2.24, 2.45) is 0 Å². The Balaban J connectivity index is 1.76. The van der Waals surface area contributed by atoms with Gasteiger partial charge >= 0.3 is 0 Å². The van der Waals surface area contributed by atoms with Gasteiger partial charge in [-0.1, -0.05) is 6.07 Å². The van der Waals surface area contributed by atoms with Crippen molar-refractivity contribution in [1.82, 2.24) is 14.2 Å². The average Bonchev–Trinajstić information content (AvgIpc) is 3.13. The Hall–Kier alpha value is -2.52. The minimum absolute atomic E-state index is 0.0856. The first kappa shape index (κ1) is 20.2. The van der Waals surface area contributed by atoms with Gasteiger partial charge in [0.1, 0.15) is 17.5 Å². The zero-order valence-corrected chi connectivity index (χ0v) is 16.7. The summed E-state index contributed by atoms with van der Waals surface area (Å²) >= 11 is 0. The molecule has 1 aromatic carbocycles. The summed E-state index contributed by atoms with van der Waals surface area (Å²) in [5, 5.41) is 0. The molecule has 0 radical (unpaired) electrons. The van der Waals surface area contributed by atoms with Crippen LogP contribution in [0.4, 0.5) is 4.39 Å². The van der Waals surface area contributed by atoms with Crippen molar-refractivity contribution in [3.8, 4) is 5.88 Å². The molecule has 0 bridgehead atoms. The Kier molecular flexibility index (Phi) is 5.66. The number of halogens is 1. The fraction of sp³-hybridized carbons (Fsp3) is 0.368. The average molecular weight is 407 g/mol. The lowest BCUT2D eigenvalue weighted by atomic mass is 10.2. The van der Waals surface area contributed by atoms with Crippen molar-refractivity contribution < 1.29 is 22.3 Å². The number of amides is 1. The number of rotatable bonds is 5. The maximum absolute atomic E-state index is 13.8. The van der Waals surface area contributed by atoms with E-state index in [1.54, 1.807) is 33.2 Å². The second kappa shape index (κ2) is 7.84. The lowest BCUT2D eigenvalue weighted by Crippen LogP contribution is -2.31. The van der Waals surface area contributed by atoms with Gasteiger partial charge in [0.2, 0.25) is 15.9 Å². The topological polar surface area (TPSA) is 79.8 Å². The van der Waals surface area contributed by atoms with Crippen molar-refractivity contribution >= 4 is 15.9 Å². The molecule has 1 fully saturated rings. The van der Waals surface area contributed by atoms with E-state index in [0.29, 0.717) is 17.5 Å². The molecule has 0 spiro atoms. The van der Waals surface area contributed by atoms with E-state index < -0.39 is 21.9 Å². The Bertz CT molecular complexity index is 994. The molecule has 0 saturated carbocycles. The van der Waals surface area contributed by atoms with E-state index in [2.05, 4.69) is 4.98 Å². The molecule has 1 aliphatic rings. The van der Waals surface area contributed by atoms with Gasteiger partial charge in [-0.3, -0.25) is 4.79 Å². The van der Waals surface area contributed by atoms with Crippen molar-refractivity contribution in [2.45, 2.75) is 24.3 Å². The minimum atomic E-state index is -3.83. The van der Waals surface area contributed by atoms with Crippen LogP contribution >= 0.6 is 0 Å². The Labute approximate surface area is 163 Å². The van der Waals surface area contributed by atoms with Gasteiger partial charge in [0, 0.05) is 26.8 Å². The fourth-order valence-corrected chi connectivity index (χ4v) is 4.44. The Morgan fingerprint density at radius 2 is 2.07 bits per heavy atom. The third-order valence-corrected chi connectivity index (χ3v) is 6.44. The zero-order valence-electron chi connectivity index (χ0n) is 15.9. The maximum Gasteiger partial charge on any atom is 0.258 e. The monoisotopic (exact) mass is 407 g/mol. The van der Waals surface area contributed by atoms with E-state index in [0.717, 1.165) is 6.07 Å². The first-order chi connectivity index (χ1) is 13.2. The number of hydrogen-bond donors (Lipinski definition) is 0. The smallest absolute Gasteiger partial charge is 0.258 e. The molecule has 7 nitrogen and oxygen atoms in total. The molecule has 0 aliphatic carbocycles. The molecular formula is C19H22FN3O4S. The van der Waals surface area contributed by atoms with Gasteiger partial charge < -0.3 is 9.64 Å². The van der Waals surface area contributed by atoms with E-state index in [9.17, 15) is 17.6 Å². The van der Waals surface area contributed by atoms with Gasteiger partial charge in [-0.15, -0.1) is 0 Å². The number of aryl methyl sites for hydroxylation is 1. The molecule has 1 unspecified atom stereocenters. The van der Waals surface area contributed by atoms with Gasteiger partial charge in [0.15, 0.2) is 0 Å². The standard InChI is InChI=1S/C19H22FN3O4S/c1-13-6-7-15(11-17(13)20)28(25,26)23-10-8-14(12-23)27-18-16(5-4-9-21-18)19(24)22(2)3/h4-7,9,11,14H,8,10,12H2,1-3H3. The van der Waals surface area contributed by atoms with Crippen molar-refractivity contribution in [3.05, 3.63) is 53.5 Å². The summed E-state index contributed by atoms with van der Waals surface area (Å²) in [6, 6.07) is 7.13. The number of benzene rings is 1. The predicted molar refractivity (Wildman–Crippen MR) is 101 cm³/mol. The van der Waals surface area contributed by atoms with Gasteiger partial charge in [0.25, 0.3) is 5.91 Å². The lowest BCUT2D eigenvalue weighted by molar-refractivity contribution is 0.0818. The molecule has 1 aliphatic heterocycles. The van der Waals surface area contributed by atoms with Crippen LogP contribution in [0.5, 0.6) is 5.88 Å². The number of sulfonamides is 1. The van der Waals surface area contributed by atoms with Crippen molar-refractivity contribution in [1.29, 1.82) is 0 Å². The molecule has 2 aromatic rings. The van der Waals surface area contributed by atoms with Gasteiger partial charge in [0.05, 0.1) is 11.4 Å². The SMILES string of the molecule is Cc1ccc(S(=O)(=O)N2CCC(Oc3ncccc3C(=O)N(C)C)C2)cc1F. The van der Waals surface area contributed by atoms with Crippen LogP contribution in [0.2, 0.25) is 0 Å². The van der Waals surface area contributed by atoms with E-state index in [-0.39, 0.29) is 29.8 Å². The summed E-state index contributed by atoms with van der Waals surface area (Å²) in [4.78, 5) is 17.7. The molecule has 9 heteroatoms. The second-order valence-electron chi connectivity index (χ2n) is 6.86. The largest absolute Gasteiger partial charge is 0.472 e. The first-order valence-electron chi connectivity index (χ1n) is 8.80. The van der Waals surface area contributed by atoms with E-state index in [4.69, 9.17) is 4.74 Å². The number of ether oxygens (including phenoxy) is 1. The number of hydrogen-bond acceptors (Lipinski definition) is 5. The highest BCUT2D eigenvalue weighted by molar-refractivity contribution is 7.89. The number of pyridine rings is 1. The maximum atomic E-state index is 13.8. The number of nitrogens with zero attached hydrogens (tertiary/aromatic N) is 3. The van der Waals surface area contributed by atoms with E-state index in [1.807, 2.05) is 0 Å². The van der Waals surface area contributed by atoms with Crippen molar-refractivity contribution in [2.75, 3.05) is 27.2 Å². The van der Waals surface area contributed by atoms with E-state index in [1.165, 1.54) is 27.5 Å². The van der Waals surface area contributed by atoms with Gasteiger partial charge in [-0.05, 0) is 43.2 Å². The number of carbonyl (C=O) groups is 1. The van der Waals surface area contributed by atoms with Gasteiger partial charge in [-0.25, -0.2) is 17.8 Å². The fourth-order valence-electron chi connectivity index (χ4n) is 2.94. The zero-order chi connectivity index (χ0) is 20.5. The molecule has 1 aromatic heterocycles. The molecular weight excluding hydrogens is 385 g/mol. The highest BCUT2D eigenvalue weighted by atomic mass is 32.2. The molecule has 3 rings (SSSR count). The van der Waals surface area contributed by atoms with Crippen LogP contribution in [-0.4, -0.2) is 61.8 Å². The first-order valence-corrected chi connectivity index (χ1v) is 10.2. The number of aromatic nitrogens is 1.